The van der Waals surface area contributed by atoms with Crippen molar-refractivity contribution in [2.45, 2.75) is 33.1 Å². The van der Waals surface area contributed by atoms with Gasteiger partial charge < -0.3 is 25.4 Å². The molecule has 0 atom stereocenters. The van der Waals surface area contributed by atoms with Crippen molar-refractivity contribution in [3.63, 3.8) is 0 Å². The second-order valence-corrected chi connectivity index (χ2v) is 4.01. The number of aliphatic hydroxyl groups excluding tert-OH is 2. The van der Waals surface area contributed by atoms with E-state index in [0.717, 1.165) is 0 Å². The molecule has 0 fully saturated rings. The molecule has 0 aromatic rings. The lowest BCUT2D eigenvalue weighted by molar-refractivity contribution is -0.139. The first-order valence-electron chi connectivity index (χ1n) is 6.72. The highest BCUT2D eigenvalue weighted by atomic mass is 16.6. The number of hydrogen-bond acceptors (Lipinski definition) is 6. The van der Waals surface area contributed by atoms with E-state index in [0.29, 0.717) is 19.3 Å². The molecule has 0 saturated heterocycles. The number of ether oxygens (including phenoxy) is 2. The number of carbonyl (C=O) groups is 1. The lowest BCUT2D eigenvalue weighted by atomic mass is 10.2. The molecular weight excluding hydrogens is 264 g/mol. The van der Waals surface area contributed by atoms with E-state index < -0.39 is 11.9 Å². The van der Waals surface area contributed by atoms with Crippen LogP contribution in [0.15, 0.2) is 16.5 Å². The molecule has 0 aliphatic rings. The highest BCUT2D eigenvalue weighted by Crippen LogP contribution is 2.08. The highest BCUT2D eigenvalue weighted by molar-refractivity contribution is 6.18. The quantitative estimate of drug-likeness (QED) is 0.137. The van der Waals surface area contributed by atoms with Crippen LogP contribution in [-0.2, 0) is 14.3 Å². The maximum atomic E-state index is 11.9. The maximum Gasteiger partial charge on any atom is 0.349 e. The zero-order valence-corrected chi connectivity index (χ0v) is 12.1. The minimum atomic E-state index is -0.772. The van der Waals surface area contributed by atoms with E-state index in [4.69, 9.17) is 20.3 Å². The average Bonchev–Trinajstić information content (AvgIpc) is 2.43. The lowest BCUT2D eigenvalue weighted by Crippen LogP contribution is -2.26. The molecule has 0 aromatic heterocycles. The van der Waals surface area contributed by atoms with Crippen LogP contribution in [-0.4, -0.2) is 48.4 Å². The highest BCUT2D eigenvalue weighted by Gasteiger charge is 2.22. The smallest absolute Gasteiger partial charge is 0.349 e. The third-order valence-corrected chi connectivity index (χ3v) is 2.15. The largest absolute Gasteiger partial charge is 0.480 e. The zero-order chi connectivity index (χ0) is 15.4. The number of nitrogens with zero attached hydrogens (tertiary/aromatic N) is 1. The van der Waals surface area contributed by atoms with Gasteiger partial charge in [0.05, 0.1) is 13.2 Å². The third-order valence-electron chi connectivity index (χ3n) is 2.15. The molecule has 20 heavy (non-hydrogen) atoms. The van der Waals surface area contributed by atoms with Gasteiger partial charge in [-0.05, 0) is 19.3 Å². The summed E-state index contributed by atoms with van der Waals surface area (Å²) < 4.78 is 9.94. The fraction of sp³-hybridized carbons (Fsp3) is 0.692. The molecule has 0 rings (SSSR count). The third kappa shape index (κ3) is 6.98. The molecule has 0 bridgehead atoms. The molecule has 0 radical (unpaired) electrons. The van der Waals surface area contributed by atoms with Gasteiger partial charge >= 0.3 is 5.97 Å². The van der Waals surface area contributed by atoms with Gasteiger partial charge in [0, 0.05) is 13.2 Å². The van der Waals surface area contributed by atoms with Crippen LogP contribution < -0.4 is 5.73 Å². The van der Waals surface area contributed by atoms with Crippen molar-refractivity contribution < 1.29 is 24.5 Å². The number of rotatable bonds is 10. The molecule has 0 unspecified atom stereocenters. The Balaban J connectivity index is 5.03. The molecule has 0 aromatic carbocycles. The summed E-state index contributed by atoms with van der Waals surface area (Å²) in [6.45, 7) is 4.39. The van der Waals surface area contributed by atoms with Gasteiger partial charge in [-0.2, -0.15) is 0 Å². The number of nitrogens with two attached hydrogens (primary N) is 1. The second kappa shape index (κ2) is 11.1. The van der Waals surface area contributed by atoms with Crippen LogP contribution in [0.1, 0.15) is 33.1 Å². The van der Waals surface area contributed by atoms with Crippen molar-refractivity contribution in [3.8, 4) is 0 Å². The monoisotopic (exact) mass is 288 g/mol. The number of esters is 1. The van der Waals surface area contributed by atoms with Crippen molar-refractivity contribution in [2.75, 3.05) is 26.4 Å². The van der Waals surface area contributed by atoms with E-state index in [-0.39, 0.29) is 37.8 Å². The number of aliphatic imine (C=N–C) groups is 1. The van der Waals surface area contributed by atoms with Gasteiger partial charge in [0.2, 0.25) is 0 Å². The Morgan fingerprint density at radius 2 is 1.80 bits per heavy atom. The van der Waals surface area contributed by atoms with Crippen molar-refractivity contribution in [1.82, 2.24) is 0 Å². The summed E-state index contributed by atoms with van der Waals surface area (Å²) in [6.07, 6.45) is 1.73. The van der Waals surface area contributed by atoms with Gasteiger partial charge in [-0.3, -0.25) is 4.99 Å². The van der Waals surface area contributed by atoms with Gasteiger partial charge in [-0.1, -0.05) is 13.8 Å². The first-order valence-corrected chi connectivity index (χ1v) is 6.72. The molecule has 0 saturated carbocycles. The Kier molecular flexibility index (Phi) is 10.1. The first-order chi connectivity index (χ1) is 9.58. The minimum Gasteiger partial charge on any atom is -0.480 e. The molecule has 116 valence electrons. The minimum absolute atomic E-state index is 0.0333. The second-order valence-electron chi connectivity index (χ2n) is 4.01. The first kappa shape index (κ1) is 18.2. The van der Waals surface area contributed by atoms with Gasteiger partial charge in [-0.15, -0.1) is 0 Å². The van der Waals surface area contributed by atoms with Crippen molar-refractivity contribution in [1.29, 1.82) is 0 Å². The van der Waals surface area contributed by atoms with E-state index in [1.54, 1.807) is 0 Å². The lowest BCUT2D eigenvalue weighted by Gasteiger charge is -2.10. The van der Waals surface area contributed by atoms with E-state index in [2.05, 4.69) is 4.99 Å². The number of aliphatic hydroxyl groups is 2. The Labute approximate surface area is 119 Å². The fourth-order valence-corrected chi connectivity index (χ4v) is 1.19. The van der Waals surface area contributed by atoms with Gasteiger partial charge in [0.1, 0.15) is 5.84 Å². The normalized spacial score (nSPS) is 12.8. The number of amidine groups is 1. The average molecular weight is 288 g/mol. The van der Waals surface area contributed by atoms with Crippen LogP contribution in [0.4, 0.5) is 0 Å². The predicted octanol–water partition coefficient (Wildman–Crippen LogP) is 0.875. The molecule has 0 aliphatic carbocycles. The van der Waals surface area contributed by atoms with E-state index in [1.165, 1.54) is 0 Å². The van der Waals surface area contributed by atoms with Crippen LogP contribution in [0.25, 0.3) is 0 Å². The Morgan fingerprint density at radius 1 is 1.20 bits per heavy atom. The van der Waals surface area contributed by atoms with Crippen LogP contribution in [0.2, 0.25) is 0 Å². The van der Waals surface area contributed by atoms with Crippen LogP contribution in [0, 0.1) is 0 Å². The Hall–Kier alpha value is -1.76. The molecule has 7 nitrogen and oxygen atoms in total. The molecular formula is C13H24N2O5. The molecule has 0 spiro atoms. The summed E-state index contributed by atoms with van der Waals surface area (Å²) in [4.78, 5) is 15.8. The van der Waals surface area contributed by atoms with Gasteiger partial charge in [0.25, 0.3) is 5.95 Å². The van der Waals surface area contributed by atoms with Crippen LogP contribution >= 0.6 is 0 Å². The number of hydrogen-bond donors (Lipinski definition) is 3. The molecule has 0 heterocycles. The standard InChI is InChI=1S/C13H24N2O5/c1-3-8-19-12(17)10(13(18)20-9-4-2)11(14)15-6-5-7-16/h16-17H,3-9H2,1-2H3,(H2,14,15). The fourth-order valence-electron chi connectivity index (χ4n) is 1.19. The maximum absolute atomic E-state index is 11.9. The predicted molar refractivity (Wildman–Crippen MR) is 75.3 cm³/mol. The van der Waals surface area contributed by atoms with Crippen LogP contribution in [0.5, 0.6) is 0 Å². The van der Waals surface area contributed by atoms with Crippen molar-refractivity contribution in [2.24, 2.45) is 10.7 Å². The van der Waals surface area contributed by atoms with E-state index in [1.807, 2.05) is 13.8 Å². The topological polar surface area (TPSA) is 114 Å². The van der Waals surface area contributed by atoms with E-state index in [9.17, 15) is 9.90 Å². The van der Waals surface area contributed by atoms with Crippen molar-refractivity contribution >= 4 is 11.8 Å². The van der Waals surface area contributed by atoms with Gasteiger partial charge in [0.15, 0.2) is 5.57 Å². The SMILES string of the molecule is CCCOC(=O)C(C(N)=NCCCO)=C(O)OCCC. The number of carbonyl (C=O) groups excluding carboxylic acids is 1. The van der Waals surface area contributed by atoms with Crippen molar-refractivity contribution in [3.05, 3.63) is 11.5 Å². The summed E-state index contributed by atoms with van der Waals surface area (Å²) >= 11 is 0. The summed E-state index contributed by atoms with van der Waals surface area (Å²) in [5.41, 5.74) is 5.40. The summed E-state index contributed by atoms with van der Waals surface area (Å²) in [7, 11) is 0. The summed E-state index contributed by atoms with van der Waals surface area (Å²) in [5, 5.41) is 18.5. The van der Waals surface area contributed by atoms with E-state index >= 15 is 0 Å². The zero-order valence-electron chi connectivity index (χ0n) is 12.1. The molecule has 0 aliphatic heterocycles. The molecule has 7 heteroatoms. The molecule has 0 amide bonds. The Morgan fingerprint density at radius 3 is 2.35 bits per heavy atom. The molecule has 4 N–H and O–H groups in total. The summed E-state index contributed by atoms with van der Waals surface area (Å²) in [6, 6.07) is 0. The van der Waals surface area contributed by atoms with Crippen LogP contribution in [0.3, 0.4) is 0 Å². The summed E-state index contributed by atoms with van der Waals surface area (Å²) in [5.74, 6) is -1.52. The van der Waals surface area contributed by atoms with Gasteiger partial charge in [-0.25, -0.2) is 4.79 Å². The Bertz CT molecular complexity index is 353.